The van der Waals surface area contributed by atoms with E-state index < -0.39 is 23.7 Å². The molecule has 2 rings (SSSR count). The Kier molecular flexibility index (Phi) is 2.45. The molecule has 0 N–H and O–H groups in total. The van der Waals surface area contributed by atoms with Gasteiger partial charge < -0.3 is 4.74 Å². The van der Waals surface area contributed by atoms with E-state index in [0.29, 0.717) is 5.75 Å². The smallest absolute Gasteiger partial charge is 0.310 e. The average Bonchev–Trinajstić information content (AvgIpc) is 2.44. The zero-order valence-electron chi connectivity index (χ0n) is 7.83. The molecule has 0 aromatic heterocycles. The molecule has 0 aromatic rings. The van der Waals surface area contributed by atoms with Gasteiger partial charge in [0.05, 0.1) is 12.5 Å². The molecule has 0 spiro atoms. The predicted molar refractivity (Wildman–Crippen MR) is 49.4 cm³/mol. The second kappa shape index (κ2) is 3.36. The third-order valence-electron chi connectivity index (χ3n) is 2.87. The zero-order chi connectivity index (χ0) is 10.3. The number of thioether (sulfide) groups is 1. The van der Waals surface area contributed by atoms with Crippen LogP contribution in [0.3, 0.4) is 0 Å². The highest BCUT2D eigenvalue weighted by molar-refractivity contribution is 8.00. The third kappa shape index (κ3) is 1.42. The Morgan fingerprint density at radius 1 is 1.64 bits per heavy atom. The van der Waals surface area contributed by atoms with Gasteiger partial charge in [-0.1, -0.05) is 0 Å². The van der Waals surface area contributed by atoms with Crippen LogP contribution in [-0.4, -0.2) is 29.5 Å². The molecule has 3 atom stereocenters. The van der Waals surface area contributed by atoms with Crippen LogP contribution in [0, 0.1) is 11.8 Å². The molecule has 2 fully saturated rings. The summed E-state index contributed by atoms with van der Waals surface area (Å²) in [6.07, 6.45) is -0.0712. The molecule has 1 aliphatic carbocycles. The Bertz CT molecular complexity index is 257. The first kappa shape index (κ1) is 10.2. The summed E-state index contributed by atoms with van der Waals surface area (Å²) in [5, 5.41) is -0.0283. The molecule has 80 valence electrons. The molecule has 1 heterocycles. The first-order chi connectivity index (χ1) is 6.56. The lowest BCUT2D eigenvalue weighted by Crippen LogP contribution is -2.51. The van der Waals surface area contributed by atoms with Gasteiger partial charge in [-0.15, -0.1) is 0 Å². The molecule has 0 bridgehead atoms. The lowest BCUT2D eigenvalue weighted by atomic mass is 9.73. The number of ether oxygens (including phenoxy) is 1. The highest BCUT2D eigenvalue weighted by Crippen LogP contribution is 2.58. The Morgan fingerprint density at radius 3 is 2.93 bits per heavy atom. The van der Waals surface area contributed by atoms with Crippen LogP contribution in [0.5, 0.6) is 0 Å². The second-order valence-corrected chi connectivity index (χ2v) is 4.99. The van der Waals surface area contributed by atoms with Crippen molar-refractivity contribution in [2.75, 3.05) is 12.4 Å². The normalized spacial score (nSPS) is 38.6. The number of rotatable bonds is 2. The zero-order valence-corrected chi connectivity index (χ0v) is 8.65. The van der Waals surface area contributed by atoms with Crippen LogP contribution in [0.15, 0.2) is 0 Å². The molecule has 1 saturated carbocycles. The molecule has 0 aromatic carbocycles. The van der Waals surface area contributed by atoms with Gasteiger partial charge in [-0.2, -0.15) is 11.8 Å². The van der Waals surface area contributed by atoms with Crippen molar-refractivity contribution >= 4 is 17.7 Å². The number of fused-ring (bicyclic) bond motifs is 1. The van der Waals surface area contributed by atoms with Crippen molar-refractivity contribution in [3.63, 3.8) is 0 Å². The van der Waals surface area contributed by atoms with E-state index in [4.69, 9.17) is 4.74 Å². The molecule has 5 heteroatoms. The van der Waals surface area contributed by atoms with Gasteiger partial charge in [0.15, 0.2) is 0 Å². The lowest BCUT2D eigenvalue weighted by Gasteiger charge is -2.41. The number of hydrogen-bond donors (Lipinski definition) is 0. The minimum Gasteiger partial charge on any atom is -0.466 e. The van der Waals surface area contributed by atoms with E-state index in [1.807, 2.05) is 0 Å². The first-order valence-electron chi connectivity index (χ1n) is 4.72. The Balaban J connectivity index is 2.04. The number of carbonyl (C=O) groups excluding carboxylic acids is 1. The molecule has 14 heavy (non-hydrogen) atoms. The highest BCUT2D eigenvalue weighted by Gasteiger charge is 2.64. The van der Waals surface area contributed by atoms with Crippen molar-refractivity contribution in [2.45, 2.75) is 24.5 Å². The molecule has 0 radical (unpaired) electrons. The summed E-state index contributed by atoms with van der Waals surface area (Å²) in [6, 6.07) is 0. The lowest BCUT2D eigenvalue weighted by molar-refractivity contribution is -0.170. The molecule has 0 amide bonds. The van der Waals surface area contributed by atoms with Crippen molar-refractivity contribution < 1.29 is 18.3 Å². The van der Waals surface area contributed by atoms with Crippen LogP contribution in [0.4, 0.5) is 8.78 Å². The summed E-state index contributed by atoms with van der Waals surface area (Å²) in [7, 11) is 0. The number of hydrogen-bond acceptors (Lipinski definition) is 3. The Morgan fingerprint density at radius 2 is 2.36 bits per heavy atom. The minimum atomic E-state index is -2.65. The largest absolute Gasteiger partial charge is 0.466 e. The van der Waals surface area contributed by atoms with Crippen LogP contribution in [0.1, 0.15) is 13.3 Å². The summed E-state index contributed by atoms with van der Waals surface area (Å²) in [5.41, 5.74) is 0. The number of carbonyl (C=O) groups is 1. The minimum absolute atomic E-state index is 0.0283. The molecule has 1 saturated heterocycles. The van der Waals surface area contributed by atoms with E-state index >= 15 is 0 Å². The van der Waals surface area contributed by atoms with Crippen LogP contribution in [0.2, 0.25) is 0 Å². The van der Waals surface area contributed by atoms with Gasteiger partial charge in [0.1, 0.15) is 0 Å². The van der Waals surface area contributed by atoms with Gasteiger partial charge in [0, 0.05) is 23.3 Å². The molecule has 3 unspecified atom stereocenters. The maximum atomic E-state index is 13.1. The highest BCUT2D eigenvalue weighted by atomic mass is 32.2. The monoisotopic (exact) mass is 222 g/mol. The summed E-state index contributed by atoms with van der Waals surface area (Å²) in [6.45, 7) is 1.96. The fourth-order valence-electron chi connectivity index (χ4n) is 2.15. The van der Waals surface area contributed by atoms with E-state index in [0.717, 1.165) is 0 Å². The number of esters is 1. The Labute approximate surface area is 85.4 Å². The van der Waals surface area contributed by atoms with Crippen LogP contribution in [0.25, 0.3) is 0 Å². The van der Waals surface area contributed by atoms with Gasteiger partial charge in [0.2, 0.25) is 0 Å². The number of halogens is 2. The van der Waals surface area contributed by atoms with Gasteiger partial charge in [-0.05, 0) is 6.92 Å². The molecular formula is C9H12F2O2S. The summed E-state index contributed by atoms with van der Waals surface area (Å²) >= 11 is 1.48. The predicted octanol–water partition coefficient (Wildman–Crippen LogP) is 1.94. The standard InChI is InChI=1S/C9H12F2O2S/c1-2-13-8(12)5-4-14-6-3-9(10,11)7(5)6/h5-7H,2-4H2,1H3. The summed E-state index contributed by atoms with van der Waals surface area (Å²) in [4.78, 5) is 11.4. The molecular weight excluding hydrogens is 210 g/mol. The van der Waals surface area contributed by atoms with E-state index in [9.17, 15) is 13.6 Å². The van der Waals surface area contributed by atoms with E-state index in [1.165, 1.54) is 11.8 Å². The summed E-state index contributed by atoms with van der Waals surface area (Å²) in [5.74, 6) is -3.97. The number of alkyl halides is 2. The van der Waals surface area contributed by atoms with Crippen molar-refractivity contribution in [1.82, 2.24) is 0 Å². The van der Waals surface area contributed by atoms with Gasteiger partial charge in [-0.25, -0.2) is 8.78 Å². The maximum Gasteiger partial charge on any atom is 0.310 e. The second-order valence-electron chi connectivity index (χ2n) is 3.72. The van der Waals surface area contributed by atoms with Crippen molar-refractivity contribution in [3.05, 3.63) is 0 Å². The fourth-order valence-corrected chi connectivity index (χ4v) is 3.89. The quantitative estimate of drug-likeness (QED) is 0.668. The molecule has 1 aliphatic heterocycles. The fraction of sp³-hybridized carbons (Fsp3) is 0.889. The van der Waals surface area contributed by atoms with Crippen LogP contribution in [-0.2, 0) is 9.53 Å². The third-order valence-corrected chi connectivity index (χ3v) is 4.31. The average molecular weight is 222 g/mol. The van der Waals surface area contributed by atoms with Crippen molar-refractivity contribution in [3.8, 4) is 0 Å². The SMILES string of the molecule is CCOC(=O)C1CSC2CC(F)(F)C21. The van der Waals surface area contributed by atoms with Crippen molar-refractivity contribution in [1.29, 1.82) is 0 Å². The maximum absolute atomic E-state index is 13.1. The first-order valence-corrected chi connectivity index (χ1v) is 5.77. The van der Waals surface area contributed by atoms with Crippen LogP contribution >= 0.6 is 11.8 Å². The molecule has 2 nitrogen and oxygen atoms in total. The topological polar surface area (TPSA) is 26.3 Å². The van der Waals surface area contributed by atoms with E-state index in [-0.39, 0.29) is 18.3 Å². The van der Waals surface area contributed by atoms with Gasteiger partial charge >= 0.3 is 5.97 Å². The van der Waals surface area contributed by atoms with Crippen molar-refractivity contribution in [2.24, 2.45) is 11.8 Å². The van der Waals surface area contributed by atoms with E-state index in [1.54, 1.807) is 6.92 Å². The van der Waals surface area contributed by atoms with Crippen LogP contribution < -0.4 is 0 Å². The molecule has 2 aliphatic rings. The summed E-state index contributed by atoms with van der Waals surface area (Å²) < 4.78 is 31.0. The van der Waals surface area contributed by atoms with Gasteiger partial charge in [-0.3, -0.25) is 4.79 Å². The van der Waals surface area contributed by atoms with E-state index in [2.05, 4.69) is 0 Å². The Hall–Kier alpha value is -0.320. The van der Waals surface area contributed by atoms with Gasteiger partial charge in [0.25, 0.3) is 5.92 Å².